The molecule has 1 fully saturated rings. The molecule has 0 aliphatic carbocycles. The maximum atomic E-state index is 11.1. The lowest BCUT2D eigenvalue weighted by Crippen LogP contribution is -2.28. The van der Waals surface area contributed by atoms with Crippen molar-refractivity contribution in [1.29, 1.82) is 0 Å². The van der Waals surface area contributed by atoms with Crippen LogP contribution < -0.4 is 15.3 Å². The molecule has 0 bridgehead atoms. The fraction of sp³-hybridized carbons (Fsp3) is 0.296. The summed E-state index contributed by atoms with van der Waals surface area (Å²) in [5.41, 5.74) is 8.70. The van der Waals surface area contributed by atoms with Gasteiger partial charge < -0.3 is 15.2 Å². The van der Waals surface area contributed by atoms with E-state index in [2.05, 4.69) is 19.9 Å². The number of pyridine rings is 1. The molecule has 0 spiro atoms. The van der Waals surface area contributed by atoms with Crippen molar-refractivity contribution in [2.45, 2.75) is 25.9 Å². The van der Waals surface area contributed by atoms with Crippen LogP contribution >= 0.6 is 11.3 Å². The van der Waals surface area contributed by atoms with E-state index in [1.54, 1.807) is 24.3 Å². The molecule has 1 aliphatic heterocycles. The van der Waals surface area contributed by atoms with E-state index in [1.165, 1.54) is 7.11 Å². The second-order valence-electron chi connectivity index (χ2n) is 8.87. The maximum absolute atomic E-state index is 11.1. The molecule has 5 rings (SSSR count). The molecule has 1 saturated heterocycles. The third kappa shape index (κ3) is 7.02. The molecule has 0 saturated carbocycles. The van der Waals surface area contributed by atoms with Gasteiger partial charge in [0, 0.05) is 34.7 Å². The predicted octanol–water partition coefficient (Wildman–Crippen LogP) is 3.01. The summed E-state index contributed by atoms with van der Waals surface area (Å²) in [6, 6.07) is 16.8. The first-order valence-corrected chi connectivity index (χ1v) is 12.9. The minimum absolute atomic E-state index is 0.124. The highest BCUT2D eigenvalue weighted by Gasteiger charge is 2.27. The molecule has 1 aliphatic rings. The number of methoxy groups -OCH3 is 1. The van der Waals surface area contributed by atoms with Gasteiger partial charge in [-0.15, -0.1) is 0 Å². The molecule has 11 heteroatoms. The Labute approximate surface area is 223 Å². The smallest absolute Gasteiger partial charge is 0.322 e. The van der Waals surface area contributed by atoms with E-state index in [1.807, 2.05) is 42.2 Å². The van der Waals surface area contributed by atoms with E-state index >= 15 is 0 Å². The number of aromatic amines is 1. The van der Waals surface area contributed by atoms with Crippen molar-refractivity contribution in [2.24, 2.45) is 5.73 Å². The Kier molecular flexibility index (Phi) is 8.82. The van der Waals surface area contributed by atoms with Crippen LogP contribution in [0.15, 0.2) is 59.4 Å². The first-order chi connectivity index (χ1) is 18.3. The van der Waals surface area contributed by atoms with E-state index in [4.69, 9.17) is 10.5 Å². The van der Waals surface area contributed by atoms with Gasteiger partial charge in [0.15, 0.2) is 0 Å². The highest BCUT2D eigenvalue weighted by molar-refractivity contribution is 7.08. The fourth-order valence-electron chi connectivity index (χ4n) is 4.23. The van der Waals surface area contributed by atoms with Crippen molar-refractivity contribution >= 4 is 34.1 Å². The monoisotopic (exact) mass is 535 g/mol. The average Bonchev–Trinajstić information content (AvgIpc) is 3.56. The second-order valence-corrected chi connectivity index (χ2v) is 9.86. The van der Waals surface area contributed by atoms with Crippen LogP contribution in [0, 0.1) is 6.92 Å². The number of primary amides is 1. The number of esters is 1. The lowest BCUT2D eigenvalue weighted by atomic mass is 10.1. The molecule has 1 amide bonds. The largest absolute Gasteiger partial charge is 0.489 e. The lowest BCUT2D eigenvalue weighted by Gasteiger charge is -2.12. The molecule has 4 aromatic rings. The van der Waals surface area contributed by atoms with E-state index in [0.717, 1.165) is 58.0 Å². The van der Waals surface area contributed by atoms with Crippen LogP contribution in [-0.4, -0.2) is 58.7 Å². The van der Waals surface area contributed by atoms with Crippen LogP contribution in [0.25, 0.3) is 10.9 Å². The number of H-pyrrole nitrogens is 1. The highest BCUT2D eigenvalue weighted by atomic mass is 32.1. The van der Waals surface area contributed by atoms with Crippen LogP contribution in [0.1, 0.15) is 39.0 Å². The summed E-state index contributed by atoms with van der Waals surface area (Å²) in [6.07, 6.45) is 0.928. The summed E-state index contributed by atoms with van der Waals surface area (Å²) in [6.45, 7) is 4.33. The van der Waals surface area contributed by atoms with Gasteiger partial charge in [0.1, 0.15) is 17.4 Å². The average molecular weight is 536 g/mol. The number of nitrogens with two attached hydrogens (primary N) is 1. The van der Waals surface area contributed by atoms with Crippen LogP contribution in [0.4, 0.5) is 0 Å². The predicted molar refractivity (Wildman–Crippen MR) is 144 cm³/mol. The van der Waals surface area contributed by atoms with Gasteiger partial charge in [-0.2, -0.15) is 5.10 Å². The SMILES string of the molecule is COC(=O)CN1CC[C@@H](c2n[nH]c(=O)s2)C1.Cc1cc(COc2ccc(C(N)=O)cc2)c2ccccc2n1. The minimum Gasteiger partial charge on any atom is -0.489 e. The third-order valence-electron chi connectivity index (χ3n) is 6.12. The third-order valence-corrected chi connectivity index (χ3v) is 7.03. The zero-order valence-electron chi connectivity index (χ0n) is 21.2. The Hall–Kier alpha value is -4.09. The Morgan fingerprint density at radius 2 is 1.95 bits per heavy atom. The van der Waals surface area contributed by atoms with Crippen molar-refractivity contribution in [1.82, 2.24) is 20.1 Å². The number of aryl methyl sites for hydroxylation is 1. The van der Waals surface area contributed by atoms with Gasteiger partial charge >= 0.3 is 10.8 Å². The molecule has 2 aromatic carbocycles. The zero-order chi connectivity index (χ0) is 27.1. The van der Waals surface area contributed by atoms with E-state index in [-0.39, 0.29) is 16.8 Å². The van der Waals surface area contributed by atoms with Crippen LogP contribution in [-0.2, 0) is 16.1 Å². The number of hydrogen-bond donors (Lipinski definition) is 2. The number of ether oxygens (including phenoxy) is 2. The number of nitrogens with one attached hydrogen (secondary N) is 1. The summed E-state index contributed by atoms with van der Waals surface area (Å²) >= 11 is 1.15. The van der Waals surface area contributed by atoms with Gasteiger partial charge in [0.2, 0.25) is 5.91 Å². The Morgan fingerprint density at radius 1 is 1.18 bits per heavy atom. The van der Waals surface area contributed by atoms with E-state index in [9.17, 15) is 14.4 Å². The quantitative estimate of drug-likeness (QED) is 0.344. The van der Waals surface area contributed by atoms with Crippen LogP contribution in [0.5, 0.6) is 5.75 Å². The standard InChI is InChI=1S/C18H16N2O2.C9H13N3O3S/c1-12-10-14(16-4-2-3-5-17(16)20-12)11-22-15-8-6-13(7-9-15)18(19)21;1-15-7(13)5-12-3-2-6(4-12)8-10-11-9(14)16-8/h2-10H,11H2,1H3,(H2,19,21);6H,2-5H2,1H3,(H,11,14)/t;6-/m.1/s1. The highest BCUT2D eigenvalue weighted by Crippen LogP contribution is 2.26. The van der Waals surface area contributed by atoms with Gasteiger partial charge in [0.25, 0.3) is 0 Å². The number of likely N-dealkylation sites (tertiary alicyclic amines) is 1. The topological polar surface area (TPSA) is 140 Å². The molecule has 3 N–H and O–H groups in total. The molecule has 198 valence electrons. The number of carbonyl (C=O) groups is 2. The number of para-hydroxylation sites is 1. The van der Waals surface area contributed by atoms with E-state index < -0.39 is 5.91 Å². The van der Waals surface area contributed by atoms with Crippen molar-refractivity contribution in [3.8, 4) is 5.75 Å². The van der Waals surface area contributed by atoms with E-state index in [0.29, 0.717) is 24.5 Å². The van der Waals surface area contributed by atoms with Gasteiger partial charge in [-0.05, 0) is 56.3 Å². The number of fused-ring (bicyclic) bond motifs is 1. The molecule has 0 radical (unpaired) electrons. The second kappa shape index (κ2) is 12.4. The number of nitrogens with zero attached hydrogens (tertiary/aromatic N) is 3. The van der Waals surface area contributed by atoms with Gasteiger partial charge in [-0.3, -0.25) is 24.3 Å². The maximum Gasteiger partial charge on any atom is 0.322 e. The number of hydrogen-bond acceptors (Lipinski definition) is 9. The number of rotatable bonds is 7. The van der Waals surface area contributed by atoms with Crippen molar-refractivity contribution in [3.05, 3.63) is 86.1 Å². The molecule has 10 nitrogen and oxygen atoms in total. The summed E-state index contributed by atoms with van der Waals surface area (Å²) in [4.78, 5) is 39.5. The normalized spacial score (nSPS) is 15.1. The van der Waals surface area contributed by atoms with Gasteiger partial charge in [-0.25, -0.2) is 5.10 Å². The van der Waals surface area contributed by atoms with Gasteiger partial charge in [-0.1, -0.05) is 29.5 Å². The van der Waals surface area contributed by atoms with Crippen LogP contribution in [0.2, 0.25) is 0 Å². The zero-order valence-corrected chi connectivity index (χ0v) is 22.0. The van der Waals surface area contributed by atoms with Crippen molar-refractivity contribution in [2.75, 3.05) is 26.7 Å². The number of aromatic nitrogens is 3. The first kappa shape index (κ1) is 27.0. The summed E-state index contributed by atoms with van der Waals surface area (Å²) in [7, 11) is 1.38. The molecule has 2 aromatic heterocycles. The summed E-state index contributed by atoms with van der Waals surface area (Å²) in [5.74, 6) is 0.287. The molecule has 38 heavy (non-hydrogen) atoms. The molecule has 3 heterocycles. The Balaban J connectivity index is 0.000000186. The lowest BCUT2D eigenvalue weighted by molar-refractivity contribution is -0.141. The number of benzene rings is 2. The molecule has 1 atom stereocenters. The van der Waals surface area contributed by atoms with Crippen LogP contribution in [0.3, 0.4) is 0 Å². The van der Waals surface area contributed by atoms with Crippen molar-refractivity contribution in [3.63, 3.8) is 0 Å². The summed E-state index contributed by atoms with van der Waals surface area (Å²) in [5, 5.41) is 8.30. The summed E-state index contributed by atoms with van der Waals surface area (Å²) < 4.78 is 10.4. The Bertz CT molecular complexity index is 1470. The van der Waals surface area contributed by atoms with Gasteiger partial charge in [0.05, 0.1) is 19.2 Å². The number of carbonyl (C=O) groups excluding carboxylic acids is 2. The molecular formula is C27H29N5O5S. The molecule has 0 unspecified atom stereocenters. The van der Waals surface area contributed by atoms with Crippen molar-refractivity contribution < 1.29 is 19.1 Å². The molecular weight excluding hydrogens is 506 g/mol. The Morgan fingerprint density at radius 3 is 2.63 bits per heavy atom. The minimum atomic E-state index is -0.442. The number of amides is 1. The fourth-order valence-corrected chi connectivity index (χ4v) is 4.96. The first-order valence-electron chi connectivity index (χ1n) is 12.0.